The molecule has 6 atom stereocenters. The molecule has 2 fully saturated rings. The molecule has 2 unspecified atom stereocenters. The zero-order valence-corrected chi connectivity index (χ0v) is 15.2. The van der Waals surface area contributed by atoms with E-state index in [2.05, 4.69) is 26.8 Å². The number of furan rings is 1. The van der Waals surface area contributed by atoms with Crippen LogP contribution < -0.4 is 0 Å². The van der Waals surface area contributed by atoms with E-state index >= 15 is 0 Å². The first kappa shape index (κ1) is 16.2. The van der Waals surface area contributed by atoms with Crippen molar-refractivity contribution in [1.82, 2.24) is 0 Å². The second-order valence-electron chi connectivity index (χ2n) is 9.28. The smallest absolute Gasteiger partial charge is 0.303 e. The third kappa shape index (κ3) is 2.19. The van der Waals surface area contributed by atoms with Gasteiger partial charge in [-0.3, -0.25) is 4.79 Å². The van der Waals surface area contributed by atoms with Gasteiger partial charge >= 0.3 is 5.97 Å². The zero-order chi connectivity index (χ0) is 17.1. The van der Waals surface area contributed by atoms with Gasteiger partial charge < -0.3 is 9.52 Å². The van der Waals surface area contributed by atoms with Gasteiger partial charge in [-0.05, 0) is 71.8 Å². The fraction of sp³-hybridized carbons (Fsp3) is 0.762. The van der Waals surface area contributed by atoms with Crippen molar-refractivity contribution in [3.05, 3.63) is 23.7 Å². The average molecular weight is 330 g/mol. The Bertz CT molecular complexity index is 647. The molecule has 0 amide bonds. The number of hydrogen-bond donors (Lipinski definition) is 1. The van der Waals surface area contributed by atoms with Crippen LogP contribution in [0.4, 0.5) is 0 Å². The molecule has 1 heterocycles. The summed E-state index contributed by atoms with van der Waals surface area (Å²) in [7, 11) is 0. The normalized spacial score (nSPS) is 44.3. The van der Waals surface area contributed by atoms with Gasteiger partial charge in [0.25, 0.3) is 0 Å². The number of hydrogen-bond acceptors (Lipinski definition) is 2. The van der Waals surface area contributed by atoms with E-state index < -0.39 is 5.97 Å². The Labute approximate surface area is 144 Å². The molecule has 1 aromatic heterocycles. The number of fused-ring (bicyclic) bond motifs is 4. The van der Waals surface area contributed by atoms with Crippen molar-refractivity contribution in [3.8, 4) is 0 Å². The highest BCUT2D eigenvalue weighted by Gasteiger charge is 2.58. The van der Waals surface area contributed by atoms with Gasteiger partial charge in [0.2, 0.25) is 0 Å². The van der Waals surface area contributed by atoms with Crippen LogP contribution in [0.2, 0.25) is 0 Å². The first-order valence-electron chi connectivity index (χ1n) is 9.63. The number of carboxylic acids is 1. The van der Waals surface area contributed by atoms with Crippen LogP contribution in [0.25, 0.3) is 0 Å². The average Bonchev–Trinajstić information content (AvgIpc) is 2.96. The molecule has 0 saturated heterocycles. The lowest BCUT2D eigenvalue weighted by Gasteiger charge is -2.61. The van der Waals surface area contributed by atoms with E-state index in [0.29, 0.717) is 24.2 Å². The van der Waals surface area contributed by atoms with Crippen molar-refractivity contribution in [3.63, 3.8) is 0 Å². The monoisotopic (exact) mass is 330 g/mol. The molecule has 0 radical (unpaired) electrons. The maximum Gasteiger partial charge on any atom is 0.303 e. The Morgan fingerprint density at radius 3 is 2.88 bits per heavy atom. The summed E-state index contributed by atoms with van der Waals surface area (Å²) in [6.45, 7) is 7.08. The van der Waals surface area contributed by atoms with E-state index in [0.717, 1.165) is 18.8 Å². The zero-order valence-electron chi connectivity index (χ0n) is 15.2. The molecule has 0 spiro atoms. The molecule has 1 N–H and O–H groups in total. The van der Waals surface area contributed by atoms with Gasteiger partial charge in [-0.15, -0.1) is 0 Å². The lowest BCUT2D eigenvalue weighted by Crippen LogP contribution is -2.55. The van der Waals surface area contributed by atoms with Gasteiger partial charge in [-0.1, -0.05) is 27.2 Å². The Hall–Kier alpha value is -1.25. The Kier molecular flexibility index (Phi) is 3.63. The number of carbonyl (C=O) groups is 1. The molecule has 132 valence electrons. The minimum atomic E-state index is -0.630. The third-order valence-corrected chi connectivity index (χ3v) is 8.13. The highest BCUT2D eigenvalue weighted by atomic mass is 16.4. The van der Waals surface area contributed by atoms with Gasteiger partial charge in [0.1, 0.15) is 5.76 Å². The summed E-state index contributed by atoms with van der Waals surface area (Å²) < 4.78 is 5.82. The first-order chi connectivity index (χ1) is 11.3. The van der Waals surface area contributed by atoms with Crippen molar-refractivity contribution >= 4 is 5.97 Å². The lowest BCUT2D eigenvalue weighted by molar-refractivity contribution is -0.150. The Morgan fingerprint density at radius 2 is 2.12 bits per heavy atom. The van der Waals surface area contributed by atoms with Crippen molar-refractivity contribution in [2.75, 3.05) is 0 Å². The maximum absolute atomic E-state index is 11.5. The molecule has 3 heteroatoms. The largest absolute Gasteiger partial charge is 0.481 e. The second-order valence-corrected chi connectivity index (χ2v) is 9.28. The summed E-state index contributed by atoms with van der Waals surface area (Å²) in [4.78, 5) is 11.5. The summed E-state index contributed by atoms with van der Waals surface area (Å²) in [6, 6.07) is 2.17. The van der Waals surface area contributed by atoms with E-state index in [-0.39, 0.29) is 10.8 Å². The Morgan fingerprint density at radius 1 is 1.33 bits per heavy atom. The fourth-order valence-corrected chi connectivity index (χ4v) is 7.08. The van der Waals surface area contributed by atoms with Crippen molar-refractivity contribution < 1.29 is 14.3 Å². The second kappa shape index (κ2) is 5.37. The SMILES string of the molecule is C[C@H]1c2ccoc2CC2[C@H]1CCC1[C@@](C)(CC(=O)O)CCC[C@]21C. The van der Waals surface area contributed by atoms with Gasteiger partial charge in [-0.2, -0.15) is 0 Å². The number of carboxylic acid groups (broad SMARTS) is 1. The van der Waals surface area contributed by atoms with Gasteiger partial charge in [0.15, 0.2) is 0 Å². The van der Waals surface area contributed by atoms with E-state index in [1.807, 2.05) is 6.26 Å². The van der Waals surface area contributed by atoms with E-state index in [1.54, 1.807) is 0 Å². The molecular formula is C21H30O3. The van der Waals surface area contributed by atoms with E-state index in [9.17, 15) is 9.90 Å². The van der Waals surface area contributed by atoms with Gasteiger partial charge in [-0.25, -0.2) is 0 Å². The molecule has 0 bridgehead atoms. The first-order valence-corrected chi connectivity index (χ1v) is 9.63. The van der Waals surface area contributed by atoms with Gasteiger partial charge in [0, 0.05) is 6.42 Å². The van der Waals surface area contributed by atoms with Crippen molar-refractivity contribution in [2.24, 2.45) is 28.6 Å². The molecule has 24 heavy (non-hydrogen) atoms. The van der Waals surface area contributed by atoms with Crippen LogP contribution in [0.5, 0.6) is 0 Å². The van der Waals surface area contributed by atoms with Crippen LogP contribution in [0.3, 0.4) is 0 Å². The molecule has 3 aliphatic rings. The molecular weight excluding hydrogens is 300 g/mol. The maximum atomic E-state index is 11.5. The summed E-state index contributed by atoms with van der Waals surface area (Å²) >= 11 is 0. The molecule has 0 aliphatic heterocycles. The van der Waals surface area contributed by atoms with Crippen LogP contribution in [0.15, 0.2) is 16.7 Å². The summed E-state index contributed by atoms with van der Waals surface area (Å²) in [5.41, 5.74) is 1.63. The topological polar surface area (TPSA) is 50.4 Å². The van der Waals surface area contributed by atoms with Crippen LogP contribution in [0.1, 0.15) is 76.5 Å². The molecule has 2 saturated carbocycles. The highest BCUT2D eigenvalue weighted by Crippen LogP contribution is 2.65. The predicted molar refractivity (Wildman–Crippen MR) is 92.8 cm³/mol. The summed E-state index contributed by atoms with van der Waals surface area (Å²) in [5, 5.41) is 9.47. The molecule has 1 aromatic rings. The highest BCUT2D eigenvalue weighted by molar-refractivity contribution is 5.67. The molecule has 3 aliphatic carbocycles. The minimum Gasteiger partial charge on any atom is -0.481 e. The van der Waals surface area contributed by atoms with Crippen LogP contribution in [0, 0.1) is 28.6 Å². The van der Waals surface area contributed by atoms with Gasteiger partial charge in [0.05, 0.1) is 12.7 Å². The van der Waals surface area contributed by atoms with E-state index in [4.69, 9.17) is 4.42 Å². The summed E-state index contributed by atoms with van der Waals surface area (Å²) in [6.07, 6.45) is 9.15. The van der Waals surface area contributed by atoms with Crippen LogP contribution in [-0.2, 0) is 11.2 Å². The molecule has 3 nitrogen and oxygen atoms in total. The minimum absolute atomic E-state index is 0.0452. The molecule has 4 rings (SSSR count). The number of rotatable bonds is 2. The third-order valence-electron chi connectivity index (χ3n) is 8.13. The quantitative estimate of drug-likeness (QED) is 0.805. The Balaban J connectivity index is 1.71. The van der Waals surface area contributed by atoms with E-state index in [1.165, 1.54) is 37.0 Å². The van der Waals surface area contributed by atoms with Crippen LogP contribution >= 0.6 is 0 Å². The fourth-order valence-electron chi connectivity index (χ4n) is 7.08. The number of aliphatic carboxylic acids is 1. The molecule has 0 aromatic carbocycles. The van der Waals surface area contributed by atoms with Crippen molar-refractivity contribution in [2.45, 2.75) is 71.6 Å². The summed E-state index contributed by atoms with van der Waals surface area (Å²) in [5.74, 6) is 3.02. The lowest BCUT2D eigenvalue weighted by atomic mass is 9.43. The van der Waals surface area contributed by atoms with Crippen molar-refractivity contribution in [1.29, 1.82) is 0 Å². The standard InChI is InChI=1S/C21H30O3/c1-13-14-5-6-18-20(2,12-19(22)23)8-4-9-21(18,3)16(14)11-17-15(13)7-10-24-17/h7,10,13-14,16,18H,4-6,8-9,11-12H2,1-3H3,(H,22,23)/t13-,14+,16?,18?,20-,21-/m1/s1. The van der Waals surface area contributed by atoms with Crippen LogP contribution in [-0.4, -0.2) is 11.1 Å². The predicted octanol–water partition coefficient (Wildman–Crippen LogP) is 5.25.